The van der Waals surface area contributed by atoms with Gasteiger partial charge in [0.2, 0.25) is 12.0 Å². The van der Waals surface area contributed by atoms with Crippen molar-refractivity contribution in [1.82, 2.24) is 15.1 Å². The Morgan fingerprint density at radius 2 is 1.70 bits per heavy atom. The van der Waals surface area contributed by atoms with Crippen molar-refractivity contribution >= 4 is 33.7 Å². The predicted molar refractivity (Wildman–Crippen MR) is 108 cm³/mol. The third kappa shape index (κ3) is 4.43. The van der Waals surface area contributed by atoms with E-state index in [0.717, 1.165) is 0 Å². The highest BCUT2D eigenvalue weighted by atomic mass is 79.9. The van der Waals surface area contributed by atoms with Gasteiger partial charge in [-0.2, -0.15) is 0 Å². The Balaban J connectivity index is 1.24. The number of nitrogens with one attached hydrogen (secondary N) is 1. The molecule has 2 aromatic rings. The average Bonchev–Trinajstić information content (AvgIpc) is 3.23. The van der Waals surface area contributed by atoms with Gasteiger partial charge >= 0.3 is 0 Å². The summed E-state index contributed by atoms with van der Waals surface area (Å²) in [6.07, 6.45) is -0.700. The molecule has 4 rings (SSSR count). The molecule has 1 unspecified atom stereocenters. The van der Waals surface area contributed by atoms with E-state index in [1.807, 2.05) is 12.1 Å². The molecule has 10 heteroatoms. The second-order valence-electron chi connectivity index (χ2n) is 6.86. The summed E-state index contributed by atoms with van der Waals surface area (Å²) >= 11 is 3.13. The highest BCUT2D eigenvalue weighted by Gasteiger charge is 2.33. The van der Waals surface area contributed by atoms with E-state index in [-0.39, 0.29) is 30.7 Å². The number of benzene rings is 1. The third-order valence-corrected chi connectivity index (χ3v) is 5.35. The van der Waals surface area contributed by atoms with Gasteiger partial charge in [0.15, 0.2) is 21.9 Å². The molecule has 0 spiro atoms. The van der Waals surface area contributed by atoms with Crippen molar-refractivity contribution in [3.63, 3.8) is 0 Å². The van der Waals surface area contributed by atoms with Crippen LogP contribution in [-0.2, 0) is 9.59 Å². The molecule has 0 saturated carbocycles. The molecule has 1 N–H and O–H groups in total. The molecule has 9 nitrogen and oxygen atoms in total. The van der Waals surface area contributed by atoms with E-state index >= 15 is 0 Å². The van der Waals surface area contributed by atoms with Crippen LogP contribution >= 0.6 is 15.9 Å². The Labute approximate surface area is 181 Å². The van der Waals surface area contributed by atoms with E-state index in [0.29, 0.717) is 42.3 Å². The summed E-state index contributed by atoms with van der Waals surface area (Å²) in [6.45, 7) is 1.58. The fraction of sp³-hybridized carbons (Fsp3) is 0.350. The zero-order valence-electron chi connectivity index (χ0n) is 16.0. The van der Waals surface area contributed by atoms with E-state index in [4.69, 9.17) is 13.9 Å². The highest BCUT2D eigenvalue weighted by molar-refractivity contribution is 9.10. The van der Waals surface area contributed by atoms with Gasteiger partial charge in [-0.15, -0.1) is 0 Å². The molecule has 30 heavy (non-hydrogen) atoms. The summed E-state index contributed by atoms with van der Waals surface area (Å²) in [6, 6.07) is 10.3. The third-order valence-electron chi connectivity index (χ3n) is 4.93. The SMILES string of the molecule is O=C(NCC(=O)N1CCN(C(=O)C2COc3ccccc3O2)CC1)c1ccc(Br)o1. The number of carbonyl (C=O) groups excluding carboxylic acids is 3. The van der Waals surface area contributed by atoms with Gasteiger partial charge < -0.3 is 29.0 Å². The number of para-hydroxylation sites is 2. The van der Waals surface area contributed by atoms with Crippen molar-refractivity contribution in [3.8, 4) is 11.5 Å². The van der Waals surface area contributed by atoms with Gasteiger partial charge in [0.1, 0.15) is 6.61 Å². The lowest BCUT2D eigenvalue weighted by molar-refractivity contribution is -0.146. The van der Waals surface area contributed by atoms with Crippen LogP contribution in [0.5, 0.6) is 11.5 Å². The molecule has 3 amide bonds. The van der Waals surface area contributed by atoms with Crippen molar-refractivity contribution in [2.45, 2.75) is 6.10 Å². The maximum Gasteiger partial charge on any atom is 0.287 e. The fourth-order valence-corrected chi connectivity index (χ4v) is 3.62. The lowest BCUT2D eigenvalue weighted by Crippen LogP contribution is -2.56. The predicted octanol–water partition coefficient (Wildman–Crippen LogP) is 1.28. The van der Waals surface area contributed by atoms with Crippen LogP contribution < -0.4 is 14.8 Å². The van der Waals surface area contributed by atoms with Gasteiger partial charge in [0.05, 0.1) is 6.54 Å². The zero-order chi connectivity index (χ0) is 21.1. The molecule has 1 aromatic heterocycles. The Hall–Kier alpha value is -3.01. The summed E-state index contributed by atoms with van der Waals surface area (Å²) in [7, 11) is 0. The van der Waals surface area contributed by atoms with Crippen molar-refractivity contribution < 1.29 is 28.3 Å². The molecule has 1 fully saturated rings. The molecule has 0 aliphatic carbocycles. The molecular formula is C20H20BrN3O6. The minimum Gasteiger partial charge on any atom is -0.485 e. The maximum atomic E-state index is 12.8. The lowest BCUT2D eigenvalue weighted by Gasteiger charge is -2.37. The molecule has 1 aromatic carbocycles. The number of nitrogens with zero attached hydrogens (tertiary/aromatic N) is 2. The zero-order valence-corrected chi connectivity index (χ0v) is 17.6. The Morgan fingerprint density at radius 1 is 1.00 bits per heavy atom. The van der Waals surface area contributed by atoms with Gasteiger partial charge in [-0.3, -0.25) is 14.4 Å². The Morgan fingerprint density at radius 3 is 2.40 bits per heavy atom. The van der Waals surface area contributed by atoms with E-state index in [1.54, 1.807) is 28.0 Å². The number of hydrogen-bond donors (Lipinski definition) is 1. The van der Waals surface area contributed by atoms with Gasteiger partial charge in [-0.25, -0.2) is 0 Å². The van der Waals surface area contributed by atoms with Crippen LogP contribution in [0.4, 0.5) is 0 Å². The molecular weight excluding hydrogens is 458 g/mol. The van der Waals surface area contributed by atoms with Crippen molar-refractivity contribution in [3.05, 3.63) is 46.8 Å². The van der Waals surface area contributed by atoms with Crippen LogP contribution in [0.2, 0.25) is 0 Å². The topological polar surface area (TPSA) is 101 Å². The first kappa shape index (κ1) is 20.3. The molecule has 1 atom stereocenters. The van der Waals surface area contributed by atoms with Crippen LogP contribution in [0.25, 0.3) is 0 Å². The highest BCUT2D eigenvalue weighted by Crippen LogP contribution is 2.31. The summed E-state index contributed by atoms with van der Waals surface area (Å²) in [5.41, 5.74) is 0. The van der Waals surface area contributed by atoms with Crippen molar-refractivity contribution in [2.75, 3.05) is 39.3 Å². The first-order valence-electron chi connectivity index (χ1n) is 9.50. The van der Waals surface area contributed by atoms with E-state index in [9.17, 15) is 14.4 Å². The monoisotopic (exact) mass is 477 g/mol. The van der Waals surface area contributed by atoms with Gasteiger partial charge in [-0.1, -0.05) is 12.1 Å². The number of fused-ring (bicyclic) bond motifs is 1. The Bertz CT molecular complexity index is 954. The maximum absolute atomic E-state index is 12.8. The number of hydrogen-bond acceptors (Lipinski definition) is 6. The smallest absolute Gasteiger partial charge is 0.287 e. The number of rotatable bonds is 4. The molecule has 2 aliphatic heterocycles. The summed E-state index contributed by atoms with van der Waals surface area (Å²) in [5.74, 6) is 0.468. The minimum atomic E-state index is -0.700. The summed E-state index contributed by atoms with van der Waals surface area (Å²) in [4.78, 5) is 40.4. The standard InChI is InChI=1S/C20H20BrN3O6/c21-17-6-5-15(30-17)19(26)22-11-18(25)23-7-9-24(10-8-23)20(27)16-12-28-13-3-1-2-4-14(13)29-16/h1-6,16H,7-12H2,(H,22,26). The number of carbonyl (C=O) groups is 3. The summed E-state index contributed by atoms with van der Waals surface area (Å²) in [5, 5.41) is 2.54. The first-order valence-corrected chi connectivity index (χ1v) is 10.3. The van der Waals surface area contributed by atoms with Crippen molar-refractivity contribution in [2.24, 2.45) is 0 Å². The average molecular weight is 478 g/mol. The van der Waals surface area contributed by atoms with E-state index < -0.39 is 12.0 Å². The van der Waals surface area contributed by atoms with E-state index in [1.165, 1.54) is 6.07 Å². The van der Waals surface area contributed by atoms with Gasteiger partial charge in [0, 0.05) is 26.2 Å². The second kappa shape index (κ2) is 8.78. The number of amides is 3. The molecule has 0 bridgehead atoms. The molecule has 2 aliphatic rings. The van der Waals surface area contributed by atoms with Crippen molar-refractivity contribution in [1.29, 1.82) is 0 Å². The number of halogens is 1. The lowest BCUT2D eigenvalue weighted by atomic mass is 10.2. The largest absolute Gasteiger partial charge is 0.485 e. The molecule has 158 valence electrons. The number of piperazine rings is 1. The number of ether oxygens (including phenoxy) is 2. The molecule has 1 saturated heterocycles. The minimum absolute atomic E-state index is 0.126. The Kier molecular flexibility index (Phi) is 5.93. The van der Waals surface area contributed by atoms with Crippen LogP contribution in [0.3, 0.4) is 0 Å². The van der Waals surface area contributed by atoms with Crippen LogP contribution in [-0.4, -0.2) is 73.0 Å². The normalized spacial score (nSPS) is 18.1. The van der Waals surface area contributed by atoms with Crippen LogP contribution in [0.1, 0.15) is 10.6 Å². The fourth-order valence-electron chi connectivity index (χ4n) is 3.31. The number of furan rings is 1. The second-order valence-corrected chi connectivity index (χ2v) is 7.64. The first-order chi connectivity index (χ1) is 14.5. The van der Waals surface area contributed by atoms with Crippen LogP contribution in [0.15, 0.2) is 45.5 Å². The summed E-state index contributed by atoms with van der Waals surface area (Å²) < 4.78 is 17.0. The quantitative estimate of drug-likeness (QED) is 0.711. The molecule has 0 radical (unpaired) electrons. The van der Waals surface area contributed by atoms with Crippen LogP contribution in [0, 0.1) is 0 Å². The van der Waals surface area contributed by atoms with E-state index in [2.05, 4.69) is 21.2 Å². The van der Waals surface area contributed by atoms with Gasteiger partial charge in [0.25, 0.3) is 11.8 Å². The van der Waals surface area contributed by atoms with Gasteiger partial charge in [-0.05, 0) is 40.2 Å². The molecule has 3 heterocycles.